The number of carboxylic acid groups (broad SMARTS) is 1. The van der Waals surface area contributed by atoms with Gasteiger partial charge in [0, 0.05) is 13.1 Å². The van der Waals surface area contributed by atoms with Crippen molar-refractivity contribution in [1.82, 2.24) is 4.90 Å². The van der Waals surface area contributed by atoms with Crippen LogP contribution in [-0.2, 0) is 14.3 Å². The van der Waals surface area contributed by atoms with Crippen LogP contribution in [-0.4, -0.2) is 47.7 Å². The lowest BCUT2D eigenvalue weighted by molar-refractivity contribution is -0.153. The van der Waals surface area contributed by atoms with Crippen LogP contribution >= 0.6 is 0 Å². The quantitative estimate of drug-likeness (QED) is 0.742. The van der Waals surface area contributed by atoms with E-state index in [4.69, 9.17) is 4.74 Å². The highest BCUT2D eigenvalue weighted by Crippen LogP contribution is 2.28. The van der Waals surface area contributed by atoms with Gasteiger partial charge in [-0.3, -0.25) is 9.59 Å². The lowest BCUT2D eigenvalue weighted by atomic mass is 9.82. The highest BCUT2D eigenvalue weighted by molar-refractivity contribution is 5.85. The molecule has 3 atom stereocenters. The molecule has 1 heterocycles. The Bertz CT molecular complexity index is 366. The molecule has 100 valence electrons. The zero-order valence-corrected chi connectivity index (χ0v) is 10.5. The number of ether oxygens (including phenoxy) is 1. The molecule has 2 rings (SSSR count). The van der Waals surface area contributed by atoms with Gasteiger partial charge in [0.1, 0.15) is 0 Å². The molecule has 1 aliphatic heterocycles. The van der Waals surface area contributed by atoms with Crippen molar-refractivity contribution in [3.05, 3.63) is 12.2 Å². The lowest BCUT2D eigenvalue weighted by Gasteiger charge is -2.35. The number of allylic oxidation sites excluding steroid dienone is 2. The molecule has 18 heavy (non-hydrogen) atoms. The van der Waals surface area contributed by atoms with Gasteiger partial charge in [0.05, 0.1) is 24.5 Å². The fraction of sp³-hybridized carbons (Fsp3) is 0.692. The first kappa shape index (κ1) is 13.1. The minimum atomic E-state index is -0.876. The zero-order valence-electron chi connectivity index (χ0n) is 10.5. The van der Waals surface area contributed by atoms with Gasteiger partial charge in [0.15, 0.2) is 0 Å². The summed E-state index contributed by atoms with van der Waals surface area (Å²) in [6.45, 7) is 3.59. The molecule has 1 amide bonds. The van der Waals surface area contributed by atoms with Gasteiger partial charge in [-0.25, -0.2) is 0 Å². The van der Waals surface area contributed by atoms with Crippen LogP contribution in [0.3, 0.4) is 0 Å². The third-order valence-electron chi connectivity index (χ3n) is 3.62. The van der Waals surface area contributed by atoms with Gasteiger partial charge >= 0.3 is 5.97 Å². The topological polar surface area (TPSA) is 66.8 Å². The molecule has 0 radical (unpaired) electrons. The predicted octanol–water partition coefficient (Wildman–Crippen LogP) is 0.901. The fourth-order valence-electron chi connectivity index (χ4n) is 2.61. The highest BCUT2D eigenvalue weighted by atomic mass is 16.5. The molecule has 5 heteroatoms. The molecule has 5 nitrogen and oxygen atoms in total. The summed E-state index contributed by atoms with van der Waals surface area (Å²) in [6, 6.07) is 0. The third kappa shape index (κ3) is 2.72. The van der Waals surface area contributed by atoms with Crippen molar-refractivity contribution in [1.29, 1.82) is 0 Å². The van der Waals surface area contributed by atoms with E-state index in [1.807, 2.05) is 19.1 Å². The Morgan fingerprint density at radius 2 is 1.94 bits per heavy atom. The van der Waals surface area contributed by atoms with Crippen LogP contribution in [0.1, 0.15) is 19.8 Å². The summed E-state index contributed by atoms with van der Waals surface area (Å²) < 4.78 is 5.40. The van der Waals surface area contributed by atoms with Gasteiger partial charge in [-0.2, -0.15) is 0 Å². The van der Waals surface area contributed by atoms with Crippen LogP contribution < -0.4 is 0 Å². The number of carbonyl (C=O) groups is 2. The summed E-state index contributed by atoms with van der Waals surface area (Å²) in [4.78, 5) is 25.3. The maximum absolute atomic E-state index is 12.4. The van der Waals surface area contributed by atoms with E-state index in [1.165, 1.54) is 0 Å². The van der Waals surface area contributed by atoms with Crippen molar-refractivity contribution in [2.45, 2.75) is 25.9 Å². The van der Waals surface area contributed by atoms with Gasteiger partial charge in [-0.1, -0.05) is 12.2 Å². The molecule has 0 aromatic rings. The fourth-order valence-corrected chi connectivity index (χ4v) is 2.61. The minimum Gasteiger partial charge on any atom is -0.481 e. The number of morpholine rings is 1. The monoisotopic (exact) mass is 253 g/mol. The van der Waals surface area contributed by atoms with Crippen LogP contribution in [0.2, 0.25) is 0 Å². The van der Waals surface area contributed by atoms with Gasteiger partial charge in [-0.05, 0) is 19.8 Å². The van der Waals surface area contributed by atoms with Crippen molar-refractivity contribution < 1.29 is 19.4 Å². The number of hydrogen-bond donors (Lipinski definition) is 1. The van der Waals surface area contributed by atoms with E-state index >= 15 is 0 Å². The number of aliphatic carboxylic acids is 1. The van der Waals surface area contributed by atoms with Crippen molar-refractivity contribution >= 4 is 11.9 Å². The summed E-state index contributed by atoms with van der Waals surface area (Å²) in [6.07, 6.45) is 4.77. The van der Waals surface area contributed by atoms with Crippen molar-refractivity contribution in [3.8, 4) is 0 Å². The van der Waals surface area contributed by atoms with E-state index in [2.05, 4.69) is 0 Å². The Hall–Kier alpha value is -1.36. The molecule has 2 aliphatic rings. The minimum absolute atomic E-state index is 0.0325. The van der Waals surface area contributed by atoms with E-state index in [1.54, 1.807) is 4.90 Å². The Balaban J connectivity index is 2.06. The maximum Gasteiger partial charge on any atom is 0.307 e. The number of carboxylic acids is 1. The van der Waals surface area contributed by atoms with Gasteiger partial charge < -0.3 is 14.7 Å². The second-order valence-corrected chi connectivity index (χ2v) is 4.96. The molecule has 0 spiro atoms. The molecule has 0 aromatic heterocycles. The van der Waals surface area contributed by atoms with E-state index in [-0.39, 0.29) is 12.0 Å². The van der Waals surface area contributed by atoms with Crippen molar-refractivity contribution in [2.24, 2.45) is 11.8 Å². The van der Waals surface area contributed by atoms with E-state index in [9.17, 15) is 14.7 Å². The molecule has 0 saturated carbocycles. The normalized spacial score (nSPS) is 32.3. The summed E-state index contributed by atoms with van der Waals surface area (Å²) in [7, 11) is 0. The summed E-state index contributed by atoms with van der Waals surface area (Å²) in [5, 5.41) is 9.18. The molecule has 1 N–H and O–H groups in total. The third-order valence-corrected chi connectivity index (χ3v) is 3.62. The lowest BCUT2D eigenvalue weighted by Crippen LogP contribution is -2.49. The number of nitrogens with zero attached hydrogens (tertiary/aromatic N) is 1. The summed E-state index contributed by atoms with van der Waals surface area (Å²) >= 11 is 0. The molecule has 1 fully saturated rings. The first-order valence-electron chi connectivity index (χ1n) is 6.37. The van der Waals surface area contributed by atoms with Crippen molar-refractivity contribution in [2.75, 3.05) is 19.7 Å². The highest BCUT2D eigenvalue weighted by Gasteiger charge is 2.37. The smallest absolute Gasteiger partial charge is 0.307 e. The predicted molar refractivity (Wildman–Crippen MR) is 65.0 cm³/mol. The average molecular weight is 253 g/mol. The van der Waals surface area contributed by atoms with Gasteiger partial charge in [0.2, 0.25) is 5.91 Å². The second kappa shape index (κ2) is 5.52. The average Bonchev–Trinajstić information content (AvgIpc) is 2.38. The Morgan fingerprint density at radius 1 is 1.28 bits per heavy atom. The number of hydrogen-bond acceptors (Lipinski definition) is 3. The molecule has 0 aromatic carbocycles. The van der Waals surface area contributed by atoms with Crippen LogP contribution in [0, 0.1) is 11.8 Å². The first-order chi connectivity index (χ1) is 8.59. The van der Waals surface area contributed by atoms with Crippen LogP contribution in [0.4, 0.5) is 0 Å². The maximum atomic E-state index is 12.4. The van der Waals surface area contributed by atoms with E-state index in [0.29, 0.717) is 32.5 Å². The Morgan fingerprint density at radius 3 is 2.56 bits per heavy atom. The summed E-state index contributed by atoms with van der Waals surface area (Å²) in [5.74, 6) is -1.92. The molecule has 3 unspecified atom stereocenters. The standard InChI is InChI=1S/C13H19NO4/c1-9-8-14(6-7-18-9)12(15)10-4-2-3-5-11(10)13(16)17/h2-3,9-11H,4-8H2,1H3,(H,16,17). The van der Waals surface area contributed by atoms with E-state index < -0.39 is 17.8 Å². The molecule has 0 bridgehead atoms. The largest absolute Gasteiger partial charge is 0.481 e. The first-order valence-corrected chi connectivity index (χ1v) is 6.37. The number of amides is 1. The van der Waals surface area contributed by atoms with Crippen molar-refractivity contribution in [3.63, 3.8) is 0 Å². The Kier molecular flexibility index (Phi) is 4.01. The summed E-state index contributed by atoms with van der Waals surface area (Å²) in [5.41, 5.74) is 0. The molecule has 1 aliphatic carbocycles. The van der Waals surface area contributed by atoms with E-state index in [0.717, 1.165) is 0 Å². The molecular formula is C13H19NO4. The van der Waals surface area contributed by atoms with Crippen LogP contribution in [0.25, 0.3) is 0 Å². The number of rotatable bonds is 2. The Labute approximate surface area is 106 Å². The van der Waals surface area contributed by atoms with Gasteiger partial charge in [-0.15, -0.1) is 0 Å². The van der Waals surface area contributed by atoms with Gasteiger partial charge in [0.25, 0.3) is 0 Å². The zero-order chi connectivity index (χ0) is 13.1. The molecular weight excluding hydrogens is 234 g/mol. The van der Waals surface area contributed by atoms with Crippen LogP contribution in [0.15, 0.2) is 12.2 Å². The van der Waals surface area contributed by atoms with Crippen LogP contribution in [0.5, 0.6) is 0 Å². The number of carbonyl (C=O) groups excluding carboxylic acids is 1. The molecule has 1 saturated heterocycles. The second-order valence-electron chi connectivity index (χ2n) is 4.96. The SMILES string of the molecule is CC1CN(C(=O)C2CC=CCC2C(=O)O)CCO1.